The van der Waals surface area contributed by atoms with Crippen molar-refractivity contribution in [3.8, 4) is 0 Å². The molecule has 0 fully saturated rings. The van der Waals surface area contributed by atoms with Crippen molar-refractivity contribution >= 4 is 19.0 Å². The Morgan fingerprint density at radius 2 is 0.594 bits per heavy atom. The normalized spacial score (nSPS) is 11.6. The molecule has 0 saturated heterocycles. The zero-order chi connectivity index (χ0) is 23.0. The van der Waals surface area contributed by atoms with E-state index in [1.165, 1.54) is 0 Å². The highest BCUT2D eigenvalue weighted by molar-refractivity contribution is 7.74. The molecular formula is C26H24ClO4P. The van der Waals surface area contributed by atoms with E-state index in [1.807, 2.05) is 121 Å². The molecule has 4 N–H and O–H groups in total. The maximum Gasteiger partial charge on any atom is 0.271 e. The largest absolute Gasteiger partial charge is 0.377 e. The van der Waals surface area contributed by atoms with Crippen LogP contribution in [0.4, 0.5) is 0 Å². The van der Waals surface area contributed by atoms with Gasteiger partial charge in [-0.25, -0.2) is 0 Å². The molecule has 0 atom stereocenters. The fraction of sp³-hybridized carbons (Fsp3) is 0.0769. The van der Waals surface area contributed by atoms with Crippen molar-refractivity contribution in [2.75, 3.05) is 0 Å². The van der Waals surface area contributed by atoms with Gasteiger partial charge in [-0.15, -0.1) is 0 Å². The van der Waals surface area contributed by atoms with Crippen LogP contribution >= 0.6 is 19.0 Å². The van der Waals surface area contributed by atoms with E-state index in [-0.39, 0.29) is 0 Å². The van der Waals surface area contributed by atoms with Crippen LogP contribution in [0.25, 0.3) is 0 Å². The summed E-state index contributed by atoms with van der Waals surface area (Å²) >= 11 is 4.45. The summed E-state index contributed by atoms with van der Waals surface area (Å²) in [5, 5.41) is 24.7. The van der Waals surface area contributed by atoms with Gasteiger partial charge in [-0.05, 0) is 33.5 Å². The number of hydrogen-bond acceptors (Lipinski definition) is 4. The number of rotatable bonds is 5. The van der Waals surface area contributed by atoms with Crippen molar-refractivity contribution in [3.05, 3.63) is 144 Å². The second-order valence-corrected chi connectivity index (χ2v) is 8.51. The molecule has 0 aromatic heterocycles. The molecule has 0 aliphatic rings. The van der Waals surface area contributed by atoms with Gasteiger partial charge in [0, 0.05) is 0 Å². The third-order valence-corrected chi connectivity index (χ3v) is 5.29. The number of hydrogen-bond donors (Lipinski definition) is 4. The standard InChI is InChI=1S/C26H22O2.ClH2O2P/c27-25(21-13-5-1-6-14-21,22-15-7-2-8-16-22)26(28,23-17-9-3-10-18-23)24-19-11-4-12-20-24;1-4(2)3/h1-20,27-28H;2-3H. The molecule has 4 aromatic carbocycles. The predicted molar refractivity (Wildman–Crippen MR) is 129 cm³/mol. The zero-order valence-electron chi connectivity index (χ0n) is 17.2. The highest BCUT2D eigenvalue weighted by Crippen LogP contribution is 2.49. The third kappa shape index (κ3) is 4.92. The van der Waals surface area contributed by atoms with Crippen molar-refractivity contribution in [1.82, 2.24) is 0 Å². The first-order valence-electron chi connectivity index (χ1n) is 9.91. The zero-order valence-corrected chi connectivity index (χ0v) is 18.8. The number of halogens is 1. The van der Waals surface area contributed by atoms with Gasteiger partial charge < -0.3 is 20.0 Å². The Labute approximate surface area is 193 Å². The SMILES string of the molecule is OC(c1ccccc1)(c1ccccc1)C(O)(c1ccccc1)c1ccccc1.OP(O)Cl. The minimum atomic E-state index is -2.15. The van der Waals surface area contributed by atoms with Gasteiger partial charge in [0.15, 0.2) is 11.2 Å². The lowest BCUT2D eigenvalue weighted by Gasteiger charge is -2.45. The number of benzene rings is 4. The maximum atomic E-state index is 12.3. The molecule has 0 aliphatic carbocycles. The molecule has 32 heavy (non-hydrogen) atoms. The van der Waals surface area contributed by atoms with Crippen LogP contribution in [0, 0.1) is 0 Å². The van der Waals surface area contributed by atoms with Gasteiger partial charge in [-0.3, -0.25) is 0 Å². The fourth-order valence-electron chi connectivity index (χ4n) is 3.89. The summed E-state index contributed by atoms with van der Waals surface area (Å²) in [7, 11) is -2.15. The average Bonchev–Trinajstić information content (AvgIpc) is 2.85. The summed E-state index contributed by atoms with van der Waals surface area (Å²) in [6.45, 7) is 0. The van der Waals surface area contributed by atoms with Crippen LogP contribution in [0.5, 0.6) is 0 Å². The highest BCUT2D eigenvalue weighted by Gasteiger charge is 2.54. The summed E-state index contributed by atoms with van der Waals surface area (Å²) in [6.07, 6.45) is 0. The van der Waals surface area contributed by atoms with Gasteiger partial charge in [0.1, 0.15) is 0 Å². The molecule has 164 valence electrons. The Kier molecular flexibility index (Phi) is 8.16. The highest BCUT2D eigenvalue weighted by atomic mass is 35.7. The van der Waals surface area contributed by atoms with E-state index in [4.69, 9.17) is 9.79 Å². The van der Waals surface area contributed by atoms with Gasteiger partial charge >= 0.3 is 0 Å². The first kappa shape index (κ1) is 24.1. The molecule has 0 radical (unpaired) electrons. The molecule has 0 heterocycles. The van der Waals surface area contributed by atoms with Crippen LogP contribution in [0.3, 0.4) is 0 Å². The van der Waals surface area contributed by atoms with Crippen LogP contribution in [-0.2, 0) is 11.2 Å². The fourth-order valence-corrected chi connectivity index (χ4v) is 3.89. The molecule has 0 bridgehead atoms. The second kappa shape index (κ2) is 10.8. The van der Waals surface area contributed by atoms with Crippen LogP contribution in [0.2, 0.25) is 0 Å². The van der Waals surface area contributed by atoms with E-state index >= 15 is 0 Å². The van der Waals surface area contributed by atoms with Crippen molar-refractivity contribution < 1.29 is 20.0 Å². The Bertz CT molecular complexity index is 909. The van der Waals surface area contributed by atoms with E-state index in [0.717, 1.165) is 0 Å². The van der Waals surface area contributed by atoms with Crippen LogP contribution < -0.4 is 0 Å². The summed E-state index contributed by atoms with van der Waals surface area (Å²) in [6, 6.07) is 37.4. The monoisotopic (exact) mass is 466 g/mol. The second-order valence-electron chi connectivity index (χ2n) is 7.13. The Hall–Kier alpha value is -2.56. The molecular weight excluding hydrogens is 443 g/mol. The molecule has 0 spiro atoms. The summed E-state index contributed by atoms with van der Waals surface area (Å²) < 4.78 is 0. The predicted octanol–water partition coefficient (Wildman–Crippen LogP) is 5.30. The molecule has 0 amide bonds. The summed E-state index contributed by atoms with van der Waals surface area (Å²) in [5.41, 5.74) is -0.906. The van der Waals surface area contributed by atoms with Gasteiger partial charge in [-0.1, -0.05) is 121 Å². The van der Waals surface area contributed by atoms with Gasteiger partial charge in [0.2, 0.25) is 0 Å². The van der Waals surface area contributed by atoms with E-state index in [0.29, 0.717) is 22.3 Å². The molecule has 4 aromatic rings. The van der Waals surface area contributed by atoms with Gasteiger partial charge in [0.25, 0.3) is 7.73 Å². The van der Waals surface area contributed by atoms with E-state index in [9.17, 15) is 10.2 Å². The topological polar surface area (TPSA) is 80.9 Å². The van der Waals surface area contributed by atoms with E-state index in [1.54, 1.807) is 0 Å². The minimum absolute atomic E-state index is 0.622. The van der Waals surface area contributed by atoms with Crippen molar-refractivity contribution in [2.45, 2.75) is 11.2 Å². The van der Waals surface area contributed by atoms with Crippen molar-refractivity contribution in [2.24, 2.45) is 0 Å². The third-order valence-electron chi connectivity index (χ3n) is 5.29. The maximum absolute atomic E-state index is 12.3. The lowest BCUT2D eigenvalue weighted by molar-refractivity contribution is -0.113. The van der Waals surface area contributed by atoms with Crippen LogP contribution in [-0.4, -0.2) is 20.0 Å². The van der Waals surface area contributed by atoms with Gasteiger partial charge in [0.05, 0.1) is 0 Å². The van der Waals surface area contributed by atoms with E-state index in [2.05, 4.69) is 11.2 Å². The molecule has 0 unspecified atom stereocenters. The smallest absolute Gasteiger partial charge is 0.271 e. The van der Waals surface area contributed by atoms with Crippen LogP contribution in [0.1, 0.15) is 22.3 Å². The molecule has 0 aliphatic heterocycles. The Morgan fingerprint density at radius 1 is 0.438 bits per heavy atom. The average molecular weight is 467 g/mol. The van der Waals surface area contributed by atoms with Crippen LogP contribution in [0.15, 0.2) is 121 Å². The van der Waals surface area contributed by atoms with Crippen molar-refractivity contribution in [1.29, 1.82) is 0 Å². The molecule has 6 heteroatoms. The molecule has 4 nitrogen and oxygen atoms in total. The first-order valence-corrected chi connectivity index (χ1v) is 12.1. The first-order chi connectivity index (χ1) is 15.4. The molecule has 4 rings (SSSR count). The Balaban J connectivity index is 0.000000668. The summed E-state index contributed by atoms with van der Waals surface area (Å²) in [5.74, 6) is 0. The lowest BCUT2D eigenvalue weighted by Crippen LogP contribution is -2.51. The summed E-state index contributed by atoms with van der Waals surface area (Å²) in [4.78, 5) is 14.9. The number of aliphatic hydroxyl groups is 2. The Morgan fingerprint density at radius 3 is 0.750 bits per heavy atom. The quantitative estimate of drug-likeness (QED) is 0.301. The van der Waals surface area contributed by atoms with Gasteiger partial charge in [-0.2, -0.15) is 0 Å². The van der Waals surface area contributed by atoms with Crippen molar-refractivity contribution in [3.63, 3.8) is 0 Å². The minimum Gasteiger partial charge on any atom is -0.377 e. The van der Waals surface area contributed by atoms with E-state index < -0.39 is 18.9 Å². The molecule has 0 saturated carbocycles. The lowest BCUT2D eigenvalue weighted by atomic mass is 9.66.